The lowest BCUT2D eigenvalue weighted by Gasteiger charge is -2.22. The van der Waals surface area contributed by atoms with Crippen LogP contribution in [0.2, 0.25) is 0 Å². The lowest BCUT2D eigenvalue weighted by molar-refractivity contribution is -0.0456. The maximum atomic E-state index is 11.4. The van der Waals surface area contributed by atoms with E-state index in [9.17, 15) is 86.4 Å². The lowest BCUT2D eigenvalue weighted by Crippen LogP contribution is -2.30. The van der Waals surface area contributed by atoms with Crippen LogP contribution in [-0.4, -0.2) is 55.7 Å². The van der Waals surface area contributed by atoms with Gasteiger partial charge in [-0.25, -0.2) is 33.7 Å². The molecule has 0 aliphatic carbocycles. The van der Waals surface area contributed by atoms with Crippen molar-refractivity contribution >= 4 is 40.1 Å². The van der Waals surface area contributed by atoms with Crippen LogP contribution in [0.15, 0.2) is 0 Å². The molecule has 0 unspecified atom stereocenters. The number of sulfonamides is 4. The molecular weight excluding hydrogens is 560 g/mol. The van der Waals surface area contributed by atoms with Crippen LogP contribution in [0, 0.1) is 0 Å². The second kappa shape index (κ2) is 8.43. The Hall–Kier alpha value is -1.12. The van der Waals surface area contributed by atoms with Gasteiger partial charge in [-0.1, -0.05) is 0 Å². The highest BCUT2D eigenvalue weighted by Crippen LogP contribution is 2.37. The Morgan fingerprint density at radius 2 is 0.433 bits per heavy atom. The van der Waals surface area contributed by atoms with Gasteiger partial charge in [0, 0.05) is 0 Å². The van der Waals surface area contributed by atoms with E-state index in [1.54, 1.807) is 0 Å². The van der Waals surface area contributed by atoms with E-state index < -0.39 is 62.1 Å². The summed E-state index contributed by atoms with van der Waals surface area (Å²) < 4.78 is 218. The van der Waals surface area contributed by atoms with Crippen molar-refractivity contribution in [3.05, 3.63) is 8.25 Å². The van der Waals surface area contributed by atoms with Crippen LogP contribution < -0.4 is 0 Å². The first-order valence-corrected chi connectivity index (χ1v) is 10.9. The van der Waals surface area contributed by atoms with E-state index in [0.29, 0.717) is 0 Å². The van der Waals surface area contributed by atoms with E-state index in [2.05, 4.69) is 0 Å². The molecule has 0 saturated heterocycles. The molecule has 0 aromatic rings. The minimum Gasteiger partial charge on any atom is -0.421 e. The molecule has 0 aliphatic heterocycles. The summed E-state index contributed by atoms with van der Waals surface area (Å²) in [5.41, 5.74) is -24.8. The molecule has 0 rings (SSSR count). The summed E-state index contributed by atoms with van der Waals surface area (Å²) in [5.74, 6) is 0. The largest absolute Gasteiger partial charge is 0.480 e. The van der Waals surface area contributed by atoms with Crippen molar-refractivity contribution in [2.45, 2.75) is 22.0 Å². The highest BCUT2D eigenvalue weighted by molar-refractivity contribution is 8.13. The first kappa shape index (κ1) is 31.1. The van der Waals surface area contributed by atoms with Crippen LogP contribution in [0.1, 0.15) is 0 Å². The Balaban J connectivity index is 0. The predicted molar refractivity (Wildman–Crippen MR) is 66.6 cm³/mol. The van der Waals surface area contributed by atoms with Crippen LogP contribution in [0.5, 0.6) is 0 Å². The lowest BCUT2D eigenvalue weighted by atomic mass is 11.6. The van der Waals surface area contributed by atoms with Crippen molar-refractivity contribution in [1.82, 2.24) is 0 Å². The third-order valence-corrected chi connectivity index (χ3v) is 7.04. The Kier molecular flexibility index (Phi) is 8.73. The van der Waals surface area contributed by atoms with E-state index >= 15 is 0 Å². The summed E-state index contributed by atoms with van der Waals surface area (Å²) in [5, 5.41) is 0. The summed E-state index contributed by atoms with van der Waals surface area (Å²) in [6, 6.07) is 0. The molecule has 184 valence electrons. The fraction of sp³-hybridized carbons (Fsp3) is 1.00. The fourth-order valence-corrected chi connectivity index (χ4v) is 3.85. The van der Waals surface area contributed by atoms with Gasteiger partial charge in [-0.2, -0.15) is 52.7 Å². The van der Waals surface area contributed by atoms with Gasteiger partial charge in [0.05, 0.1) is 0 Å². The van der Waals surface area contributed by atoms with Crippen molar-refractivity contribution in [3.8, 4) is 0 Å². The predicted octanol–water partition coefficient (Wildman–Crippen LogP) is 2.12. The molecule has 0 spiro atoms. The Morgan fingerprint density at radius 1 is 0.333 bits per heavy atom. The molecule has 26 heteroatoms. The average molecular weight is 560 g/mol. The topological polar surface area (TPSA) is 165 Å². The molecule has 0 saturated carbocycles. The van der Waals surface area contributed by atoms with Gasteiger partial charge in [0.1, 0.15) is 0 Å². The summed E-state index contributed by atoms with van der Waals surface area (Å²) in [4.78, 5) is 0. The number of halogens is 12. The molecule has 0 bridgehead atoms. The summed E-state index contributed by atoms with van der Waals surface area (Å²) in [6.45, 7) is 0. The normalized spacial score (nSPS) is 15.3. The number of alkyl halides is 12. The van der Waals surface area contributed by atoms with Gasteiger partial charge in [0.25, 0.3) is 0 Å². The minimum absolute atomic E-state index is 0.778. The van der Waals surface area contributed by atoms with Crippen LogP contribution in [0.4, 0.5) is 52.7 Å². The van der Waals surface area contributed by atoms with E-state index in [-0.39, 0.29) is 0 Å². The first-order valence-electron chi connectivity index (χ1n) is 5.15. The van der Waals surface area contributed by atoms with Gasteiger partial charge >= 0.3 is 22.0 Å². The van der Waals surface area contributed by atoms with Crippen LogP contribution in [-0.2, 0) is 40.1 Å². The van der Waals surface area contributed by atoms with Gasteiger partial charge in [-0.15, -0.1) is 0 Å². The molecule has 0 aliphatic rings. The highest BCUT2D eigenvalue weighted by Gasteiger charge is 2.48. The van der Waals surface area contributed by atoms with E-state index in [4.69, 9.17) is 0 Å². The maximum absolute atomic E-state index is 11.4. The summed E-state index contributed by atoms with van der Waals surface area (Å²) >= 11 is 0. The average Bonchev–Trinajstić information content (AvgIpc) is 2.30. The van der Waals surface area contributed by atoms with Crippen LogP contribution in [0.25, 0.3) is 8.25 Å². The van der Waals surface area contributed by atoms with E-state index in [0.717, 1.165) is 8.25 Å². The highest BCUT2D eigenvalue weighted by atomic mass is 32.3. The molecule has 0 atom stereocenters. The first-order chi connectivity index (χ1) is 12.4. The van der Waals surface area contributed by atoms with E-state index in [1.807, 2.05) is 0 Å². The van der Waals surface area contributed by atoms with Crippen LogP contribution in [0.3, 0.4) is 0 Å². The van der Waals surface area contributed by atoms with Gasteiger partial charge in [0.15, 0.2) is 40.1 Å². The Morgan fingerprint density at radius 3 is 0.500 bits per heavy atom. The zero-order valence-electron chi connectivity index (χ0n) is 12.3. The second-order valence-corrected chi connectivity index (χ2v) is 10.7. The summed E-state index contributed by atoms with van der Waals surface area (Å²) in [7, 11) is -26.9. The van der Waals surface area contributed by atoms with Crippen molar-refractivity contribution in [3.63, 3.8) is 0 Å². The monoisotopic (exact) mass is 560 g/mol. The van der Waals surface area contributed by atoms with Gasteiger partial charge < -0.3 is 8.25 Å². The quantitative estimate of drug-likeness (QED) is 0.472. The summed E-state index contributed by atoms with van der Waals surface area (Å²) in [6.07, 6.45) is 0. The smallest absolute Gasteiger partial charge is 0.421 e. The minimum atomic E-state index is -6.72. The molecule has 0 radical (unpaired) electrons. The van der Waals surface area contributed by atoms with Crippen molar-refractivity contribution < 1.29 is 86.4 Å². The SMILES string of the molecule is O=S(=O)([N-]S(=O)(=O)C(F)(F)F)C(F)(F)F.O=S(=O)([N-]S(=O)(=O)C(F)(F)F)C(F)(F)F. The van der Waals surface area contributed by atoms with Gasteiger partial charge in [-0.3, -0.25) is 0 Å². The molecule has 0 aromatic carbocycles. The molecule has 0 fully saturated rings. The zero-order chi connectivity index (χ0) is 25.4. The fourth-order valence-electron chi connectivity index (χ4n) is 0.427. The second-order valence-electron chi connectivity index (χ2n) is 3.83. The number of rotatable bonds is 4. The van der Waals surface area contributed by atoms with Gasteiger partial charge in [-0.05, 0) is 0 Å². The maximum Gasteiger partial charge on any atom is 0.480 e. The van der Waals surface area contributed by atoms with E-state index in [1.165, 1.54) is 0 Å². The third-order valence-electron chi connectivity index (χ3n) is 1.56. The standard InChI is InChI=1S/2C2F6NO4S2/c2*3-1(4,5)14(10,11)9-15(12,13)2(6,7)8/q2*-1. The van der Waals surface area contributed by atoms with Crippen molar-refractivity contribution in [1.29, 1.82) is 0 Å². The molecule has 0 aromatic heterocycles. The molecule has 30 heavy (non-hydrogen) atoms. The van der Waals surface area contributed by atoms with Crippen molar-refractivity contribution in [2.75, 3.05) is 0 Å². The number of hydrogen-bond donors (Lipinski definition) is 0. The zero-order valence-corrected chi connectivity index (χ0v) is 15.6. The Labute approximate surface area is 157 Å². The van der Waals surface area contributed by atoms with Crippen molar-refractivity contribution in [2.24, 2.45) is 0 Å². The number of hydrogen-bond acceptors (Lipinski definition) is 8. The van der Waals surface area contributed by atoms with Crippen LogP contribution >= 0.6 is 0 Å². The molecule has 0 N–H and O–H groups in total. The van der Waals surface area contributed by atoms with Gasteiger partial charge in [0.2, 0.25) is 0 Å². The number of nitrogens with zero attached hydrogens (tertiary/aromatic N) is 2. The molecular formula is C4F12N2O8S4-2. The molecule has 0 heterocycles. The third kappa shape index (κ3) is 8.19. The Bertz CT molecular complexity index is 855. The molecule has 10 nitrogen and oxygen atoms in total. The molecule has 0 amide bonds.